The lowest BCUT2D eigenvalue weighted by Crippen LogP contribution is -2.29. The second-order valence-corrected chi connectivity index (χ2v) is 9.00. The molecular formula is C27H25FN4OS. The van der Waals surface area contributed by atoms with Crippen LogP contribution in [0.5, 0.6) is 5.75 Å². The predicted molar refractivity (Wildman–Crippen MR) is 136 cm³/mol. The first-order valence-corrected chi connectivity index (χ1v) is 11.5. The minimum absolute atomic E-state index is 0.187. The van der Waals surface area contributed by atoms with E-state index in [1.165, 1.54) is 6.07 Å². The Balaban J connectivity index is 1.68. The fourth-order valence-electron chi connectivity index (χ4n) is 4.81. The molecule has 7 heteroatoms. The van der Waals surface area contributed by atoms with Crippen LogP contribution in [0.4, 0.5) is 10.1 Å². The maximum atomic E-state index is 14.1. The summed E-state index contributed by atoms with van der Waals surface area (Å²) in [7, 11) is 0. The van der Waals surface area contributed by atoms with Crippen LogP contribution < -0.4 is 10.2 Å². The number of aryl methyl sites for hydroxylation is 2. The molecular weight excluding hydrogens is 447 g/mol. The van der Waals surface area contributed by atoms with Crippen LogP contribution in [0.25, 0.3) is 5.69 Å². The van der Waals surface area contributed by atoms with Gasteiger partial charge in [-0.15, -0.1) is 0 Å². The molecule has 1 fully saturated rings. The van der Waals surface area contributed by atoms with E-state index in [0.29, 0.717) is 10.7 Å². The molecule has 0 aliphatic carbocycles. The van der Waals surface area contributed by atoms with Gasteiger partial charge in [0.05, 0.1) is 17.8 Å². The monoisotopic (exact) mass is 472 g/mol. The van der Waals surface area contributed by atoms with Gasteiger partial charge in [-0.2, -0.15) is 0 Å². The van der Waals surface area contributed by atoms with Crippen molar-refractivity contribution in [2.75, 3.05) is 4.90 Å². The van der Waals surface area contributed by atoms with Gasteiger partial charge in [-0.3, -0.25) is 4.98 Å². The summed E-state index contributed by atoms with van der Waals surface area (Å²) in [6.45, 7) is 5.90. The predicted octanol–water partition coefficient (Wildman–Crippen LogP) is 5.82. The molecule has 2 unspecified atom stereocenters. The second kappa shape index (κ2) is 8.57. The van der Waals surface area contributed by atoms with Crippen molar-refractivity contribution in [3.05, 3.63) is 107 Å². The molecule has 2 N–H and O–H groups in total. The number of aromatic hydroxyl groups is 1. The van der Waals surface area contributed by atoms with Gasteiger partial charge in [0.25, 0.3) is 0 Å². The van der Waals surface area contributed by atoms with Gasteiger partial charge in [0.15, 0.2) is 5.11 Å². The number of rotatable bonds is 4. The average Bonchev–Trinajstić information content (AvgIpc) is 3.32. The van der Waals surface area contributed by atoms with Crippen LogP contribution in [0.15, 0.2) is 72.9 Å². The van der Waals surface area contributed by atoms with Gasteiger partial charge in [-0.1, -0.05) is 6.07 Å². The molecule has 0 bridgehead atoms. The van der Waals surface area contributed by atoms with Gasteiger partial charge >= 0.3 is 0 Å². The Morgan fingerprint density at radius 2 is 1.71 bits per heavy atom. The molecule has 1 aliphatic heterocycles. The van der Waals surface area contributed by atoms with Crippen LogP contribution in [0.2, 0.25) is 0 Å². The number of anilines is 1. The third kappa shape index (κ3) is 3.72. The highest BCUT2D eigenvalue weighted by molar-refractivity contribution is 7.80. The Morgan fingerprint density at radius 1 is 0.971 bits per heavy atom. The standard InChI is InChI=1S/C27H25FN4OS/c1-16-14-20(9-12-23(16)28)32-26(25(30-27(32)34)24-6-4-5-13-29-24)22-15-17(2)31(18(22)3)19-7-10-21(33)11-8-19/h4-15,25-26,33H,1-3H3,(H,30,34). The van der Waals surface area contributed by atoms with E-state index in [2.05, 4.69) is 39.7 Å². The number of pyridine rings is 1. The molecule has 4 aromatic rings. The van der Waals surface area contributed by atoms with Crippen LogP contribution in [0.1, 0.15) is 40.3 Å². The van der Waals surface area contributed by atoms with E-state index in [4.69, 9.17) is 12.2 Å². The fourth-order valence-corrected chi connectivity index (χ4v) is 5.16. The van der Waals surface area contributed by atoms with Crippen molar-refractivity contribution < 1.29 is 9.50 Å². The molecule has 2 aromatic heterocycles. The molecule has 0 saturated carbocycles. The number of aromatic nitrogens is 2. The molecule has 5 nitrogen and oxygen atoms in total. The lowest BCUT2D eigenvalue weighted by atomic mass is 9.96. The molecule has 0 spiro atoms. The number of halogens is 1. The van der Waals surface area contributed by atoms with Gasteiger partial charge in [-0.05, 0) is 105 Å². The Morgan fingerprint density at radius 3 is 2.38 bits per heavy atom. The highest BCUT2D eigenvalue weighted by atomic mass is 32.1. The zero-order chi connectivity index (χ0) is 24.0. The first-order valence-electron chi connectivity index (χ1n) is 11.1. The van der Waals surface area contributed by atoms with Crippen LogP contribution >= 0.6 is 12.2 Å². The summed E-state index contributed by atoms with van der Waals surface area (Å²) < 4.78 is 16.2. The Bertz CT molecular complexity index is 1370. The fraction of sp³-hybridized carbons (Fsp3) is 0.185. The Hall–Kier alpha value is -3.71. The largest absolute Gasteiger partial charge is 0.508 e. The minimum Gasteiger partial charge on any atom is -0.508 e. The number of nitrogens with one attached hydrogen (secondary N) is 1. The molecule has 2 atom stereocenters. The summed E-state index contributed by atoms with van der Waals surface area (Å²) in [5, 5.41) is 13.8. The number of hydrogen-bond acceptors (Lipinski definition) is 3. The summed E-state index contributed by atoms with van der Waals surface area (Å²) in [5.74, 6) is -0.0185. The molecule has 5 rings (SSSR count). The molecule has 34 heavy (non-hydrogen) atoms. The van der Waals surface area contributed by atoms with E-state index >= 15 is 0 Å². The second-order valence-electron chi connectivity index (χ2n) is 8.61. The van der Waals surface area contributed by atoms with Crippen molar-refractivity contribution in [2.45, 2.75) is 32.9 Å². The topological polar surface area (TPSA) is 53.3 Å². The van der Waals surface area contributed by atoms with Gasteiger partial charge in [0.1, 0.15) is 11.6 Å². The third-order valence-corrected chi connectivity index (χ3v) is 6.73. The van der Waals surface area contributed by atoms with Crippen LogP contribution in [0, 0.1) is 26.6 Å². The summed E-state index contributed by atoms with van der Waals surface area (Å²) in [4.78, 5) is 6.67. The molecule has 1 saturated heterocycles. The summed E-state index contributed by atoms with van der Waals surface area (Å²) in [6, 6.07) is 19.9. The highest BCUT2D eigenvalue weighted by Gasteiger charge is 2.42. The summed E-state index contributed by atoms with van der Waals surface area (Å²) >= 11 is 5.80. The van der Waals surface area contributed by atoms with E-state index in [0.717, 1.165) is 34.0 Å². The van der Waals surface area contributed by atoms with Gasteiger partial charge in [0.2, 0.25) is 0 Å². The molecule has 0 amide bonds. The highest BCUT2D eigenvalue weighted by Crippen LogP contribution is 2.44. The van der Waals surface area contributed by atoms with Gasteiger partial charge in [-0.25, -0.2) is 4.39 Å². The lowest BCUT2D eigenvalue weighted by Gasteiger charge is -2.28. The molecule has 1 aliphatic rings. The van der Waals surface area contributed by atoms with Crippen molar-refractivity contribution in [3.8, 4) is 11.4 Å². The molecule has 3 heterocycles. The first kappa shape index (κ1) is 22.1. The van der Waals surface area contributed by atoms with Crippen molar-refractivity contribution in [1.29, 1.82) is 0 Å². The first-order chi connectivity index (χ1) is 16.3. The Labute approximate surface area is 203 Å². The number of benzene rings is 2. The van der Waals surface area contributed by atoms with E-state index < -0.39 is 0 Å². The van der Waals surface area contributed by atoms with E-state index in [-0.39, 0.29) is 23.7 Å². The van der Waals surface area contributed by atoms with Crippen LogP contribution in [-0.2, 0) is 0 Å². The van der Waals surface area contributed by atoms with E-state index in [1.54, 1.807) is 31.3 Å². The van der Waals surface area contributed by atoms with E-state index in [9.17, 15) is 9.50 Å². The molecule has 172 valence electrons. The number of phenolic OH excluding ortho intramolecular Hbond substituents is 1. The molecule has 0 radical (unpaired) electrons. The zero-order valence-corrected chi connectivity index (χ0v) is 20.0. The maximum Gasteiger partial charge on any atom is 0.174 e. The minimum atomic E-state index is -0.245. The maximum absolute atomic E-state index is 14.1. The Kier molecular flexibility index (Phi) is 5.57. The van der Waals surface area contributed by atoms with Crippen molar-refractivity contribution in [3.63, 3.8) is 0 Å². The van der Waals surface area contributed by atoms with Crippen molar-refractivity contribution in [1.82, 2.24) is 14.9 Å². The number of thiocarbonyl (C=S) groups is 1. The third-order valence-electron chi connectivity index (χ3n) is 6.41. The smallest absolute Gasteiger partial charge is 0.174 e. The number of nitrogens with zero attached hydrogens (tertiary/aromatic N) is 3. The molecule has 2 aromatic carbocycles. The normalized spacial score (nSPS) is 17.8. The van der Waals surface area contributed by atoms with E-state index in [1.807, 2.05) is 36.4 Å². The summed E-state index contributed by atoms with van der Waals surface area (Å²) in [6.07, 6.45) is 1.78. The number of hydrogen-bond donors (Lipinski definition) is 2. The SMILES string of the molecule is Cc1cc(N2C(=S)NC(c3ccccn3)C2c2cc(C)n(-c3ccc(O)cc3)c2C)ccc1F. The average molecular weight is 473 g/mol. The lowest BCUT2D eigenvalue weighted by molar-refractivity contribution is 0.475. The van der Waals surface area contributed by atoms with Crippen molar-refractivity contribution in [2.24, 2.45) is 0 Å². The van der Waals surface area contributed by atoms with Crippen LogP contribution in [-0.4, -0.2) is 19.8 Å². The van der Waals surface area contributed by atoms with Gasteiger partial charge in [0, 0.05) is 29.0 Å². The quantitative estimate of drug-likeness (QED) is 0.367. The van der Waals surface area contributed by atoms with Crippen LogP contribution in [0.3, 0.4) is 0 Å². The summed E-state index contributed by atoms with van der Waals surface area (Å²) in [5.41, 5.74) is 6.45. The zero-order valence-electron chi connectivity index (χ0n) is 19.2. The number of phenols is 1. The van der Waals surface area contributed by atoms with Crippen molar-refractivity contribution >= 4 is 23.0 Å². The van der Waals surface area contributed by atoms with Gasteiger partial charge < -0.3 is 19.9 Å².